The zero-order valence-electron chi connectivity index (χ0n) is 27.9. The van der Waals surface area contributed by atoms with E-state index in [9.17, 15) is 19.5 Å². The molecule has 0 aromatic heterocycles. The first-order valence-electron chi connectivity index (χ1n) is 17.0. The van der Waals surface area contributed by atoms with Crippen LogP contribution in [0.5, 0.6) is 0 Å². The summed E-state index contributed by atoms with van der Waals surface area (Å²) in [6.07, 6.45) is 9.04. The third kappa shape index (κ3) is 6.57. The number of thioether (sulfide) groups is 1. The number of likely N-dealkylation sites (tertiary alicyclic amines) is 1. The van der Waals surface area contributed by atoms with Gasteiger partial charge in [0, 0.05) is 62.0 Å². The summed E-state index contributed by atoms with van der Waals surface area (Å²) >= 11 is 1.73. The summed E-state index contributed by atoms with van der Waals surface area (Å²) in [4.78, 5) is 51.5. The van der Waals surface area contributed by atoms with Gasteiger partial charge in [0.05, 0.1) is 16.6 Å². The number of unbranched alkanes of at least 4 members (excludes halogenated alkanes) is 3. The molecule has 3 fully saturated rings. The van der Waals surface area contributed by atoms with Crippen molar-refractivity contribution < 1.29 is 19.5 Å². The molecule has 45 heavy (non-hydrogen) atoms. The Labute approximate surface area is 274 Å². The van der Waals surface area contributed by atoms with Gasteiger partial charge in [-0.15, -0.1) is 24.9 Å². The number of aliphatic hydroxyl groups excluding tert-OH is 1. The Bertz CT molecular complexity index is 1220. The second-order valence-corrected chi connectivity index (χ2v) is 14.8. The highest BCUT2D eigenvalue weighted by atomic mass is 32.2. The van der Waals surface area contributed by atoms with Crippen molar-refractivity contribution in [3.8, 4) is 0 Å². The molecule has 3 heterocycles. The zero-order valence-corrected chi connectivity index (χ0v) is 28.7. The van der Waals surface area contributed by atoms with Crippen molar-refractivity contribution in [1.82, 2.24) is 9.80 Å². The summed E-state index contributed by atoms with van der Waals surface area (Å²) in [7, 11) is 0. The zero-order chi connectivity index (χ0) is 32.8. The van der Waals surface area contributed by atoms with Crippen molar-refractivity contribution in [2.75, 3.05) is 55.7 Å². The fourth-order valence-corrected chi connectivity index (χ4v) is 10.4. The van der Waals surface area contributed by atoms with Gasteiger partial charge in [-0.25, -0.2) is 0 Å². The number of hydrogen-bond acceptors (Lipinski definition) is 6. The first-order valence-corrected chi connectivity index (χ1v) is 17.8. The van der Waals surface area contributed by atoms with Crippen LogP contribution in [0.1, 0.15) is 72.6 Å². The number of rotatable bonds is 18. The van der Waals surface area contributed by atoms with Gasteiger partial charge in [0.1, 0.15) is 6.04 Å². The molecule has 9 heteroatoms. The lowest BCUT2D eigenvalue weighted by molar-refractivity contribution is -0.145. The maximum Gasteiger partial charge on any atom is 0.251 e. The van der Waals surface area contributed by atoms with E-state index >= 15 is 0 Å². The largest absolute Gasteiger partial charge is 0.396 e. The molecule has 4 rings (SSSR count). The highest BCUT2D eigenvalue weighted by Gasteiger charge is 2.77. The number of amides is 3. The first kappa shape index (κ1) is 35.1. The minimum atomic E-state index is -0.668. The van der Waals surface area contributed by atoms with Crippen LogP contribution >= 0.6 is 11.8 Å². The topological polar surface area (TPSA) is 84.4 Å². The molecule has 2 unspecified atom stereocenters. The van der Waals surface area contributed by atoms with Gasteiger partial charge >= 0.3 is 0 Å². The van der Waals surface area contributed by atoms with Crippen molar-refractivity contribution in [2.45, 2.75) is 88.2 Å². The van der Waals surface area contributed by atoms with Crippen LogP contribution in [0.15, 0.2) is 49.6 Å². The van der Waals surface area contributed by atoms with Gasteiger partial charge < -0.3 is 24.7 Å². The standard InChI is InChI=1S/C36H54N4O4S/c1-7-22-38(23-8-2)32(42)29-30-33(43)40(25-14-12-13-15-26-41)31(36(30)21-20-35(29,6)45-36)34(44)39(24-9-3)28-18-16-27(17-19-28)37(10-4)11-5/h7,9,16-19,29-31,41H,1,3,8,10-15,20-26H2,2,4-6H3/t29-,30+,31?,35+,36?/m1/s1. The van der Waals surface area contributed by atoms with E-state index in [2.05, 4.69) is 57.9 Å². The Morgan fingerprint density at radius 2 is 1.62 bits per heavy atom. The number of benzene rings is 1. The molecule has 1 aromatic carbocycles. The van der Waals surface area contributed by atoms with Crippen LogP contribution in [0.3, 0.4) is 0 Å². The third-order valence-corrected chi connectivity index (χ3v) is 12.1. The molecular weight excluding hydrogens is 584 g/mol. The molecule has 1 aromatic rings. The summed E-state index contributed by atoms with van der Waals surface area (Å²) < 4.78 is -1.08. The molecule has 8 nitrogen and oxygen atoms in total. The van der Waals surface area contributed by atoms with E-state index in [1.807, 2.05) is 21.9 Å². The van der Waals surface area contributed by atoms with Crippen LogP contribution in [-0.4, -0.2) is 94.0 Å². The quantitative estimate of drug-likeness (QED) is 0.169. The molecular formula is C36H54N4O4S. The summed E-state index contributed by atoms with van der Waals surface area (Å²) in [5.74, 6) is -1.17. The Morgan fingerprint density at radius 1 is 0.978 bits per heavy atom. The van der Waals surface area contributed by atoms with E-state index in [-0.39, 0.29) is 24.3 Å². The molecule has 0 saturated carbocycles. The van der Waals surface area contributed by atoms with Crippen LogP contribution in [0, 0.1) is 11.8 Å². The van der Waals surface area contributed by atoms with Crippen LogP contribution in [0.4, 0.5) is 11.4 Å². The molecule has 1 N–H and O–H groups in total. The molecule has 3 saturated heterocycles. The fraction of sp³-hybridized carbons (Fsp3) is 0.639. The molecule has 0 radical (unpaired) electrons. The highest BCUT2D eigenvalue weighted by molar-refractivity contribution is 8.02. The first-order chi connectivity index (χ1) is 21.7. The predicted molar refractivity (Wildman–Crippen MR) is 186 cm³/mol. The van der Waals surface area contributed by atoms with E-state index in [1.54, 1.807) is 28.8 Å². The monoisotopic (exact) mass is 638 g/mol. The highest BCUT2D eigenvalue weighted by Crippen LogP contribution is 2.71. The molecule has 3 amide bonds. The molecule has 2 bridgehead atoms. The van der Waals surface area contributed by atoms with Gasteiger partial charge in [-0.3, -0.25) is 14.4 Å². The minimum Gasteiger partial charge on any atom is -0.396 e. The van der Waals surface area contributed by atoms with E-state index < -0.39 is 27.4 Å². The second-order valence-electron chi connectivity index (χ2n) is 12.9. The SMILES string of the molecule is C=CCN(CCC)C(=O)[C@H]1[C@H]2C(=O)N(CCCCCCO)C(C(=O)N(CC=C)c3ccc(N(CC)CC)cc3)C23CC[C@]1(C)S3. The lowest BCUT2D eigenvalue weighted by Crippen LogP contribution is -2.55. The molecule has 0 aliphatic carbocycles. The maximum absolute atomic E-state index is 14.9. The number of carbonyl (C=O) groups is 3. The van der Waals surface area contributed by atoms with Gasteiger partial charge in [-0.2, -0.15) is 0 Å². The fourth-order valence-electron chi connectivity index (χ4n) is 8.01. The second kappa shape index (κ2) is 15.2. The number of carbonyl (C=O) groups excluding carboxylic acids is 3. The van der Waals surface area contributed by atoms with E-state index in [4.69, 9.17) is 0 Å². The summed E-state index contributed by atoms with van der Waals surface area (Å²) in [5.41, 5.74) is 1.88. The van der Waals surface area contributed by atoms with Gasteiger partial charge in [0.2, 0.25) is 11.8 Å². The summed E-state index contributed by atoms with van der Waals surface area (Å²) in [6.45, 7) is 20.1. The lowest BCUT2D eigenvalue weighted by atomic mass is 9.66. The number of nitrogens with zero attached hydrogens (tertiary/aromatic N) is 4. The van der Waals surface area contributed by atoms with Crippen molar-refractivity contribution in [3.05, 3.63) is 49.6 Å². The van der Waals surface area contributed by atoms with Crippen molar-refractivity contribution >= 4 is 40.9 Å². The summed E-state index contributed by atoms with van der Waals surface area (Å²) in [6, 6.07) is 7.42. The minimum absolute atomic E-state index is 0.0117. The lowest BCUT2D eigenvalue weighted by Gasteiger charge is -2.38. The number of hydrogen-bond donors (Lipinski definition) is 1. The molecule has 5 atom stereocenters. The smallest absolute Gasteiger partial charge is 0.251 e. The molecule has 3 aliphatic heterocycles. The van der Waals surface area contributed by atoms with Crippen LogP contribution in [0.2, 0.25) is 0 Å². The Morgan fingerprint density at radius 3 is 2.22 bits per heavy atom. The predicted octanol–water partition coefficient (Wildman–Crippen LogP) is 5.51. The third-order valence-electron chi connectivity index (χ3n) is 10.1. The van der Waals surface area contributed by atoms with Gasteiger partial charge in [-0.05, 0) is 77.1 Å². The maximum atomic E-state index is 14.9. The Hall–Kier alpha value is -2.78. The Kier molecular flexibility index (Phi) is 11.9. The average Bonchev–Trinajstić information content (AvgIpc) is 3.60. The van der Waals surface area contributed by atoms with Gasteiger partial charge in [0.15, 0.2) is 0 Å². The average molecular weight is 639 g/mol. The van der Waals surface area contributed by atoms with Gasteiger partial charge in [0.25, 0.3) is 5.91 Å². The number of anilines is 2. The van der Waals surface area contributed by atoms with Crippen molar-refractivity contribution in [1.29, 1.82) is 0 Å². The van der Waals surface area contributed by atoms with E-state index in [0.29, 0.717) is 26.2 Å². The molecule has 3 aliphatic rings. The van der Waals surface area contributed by atoms with E-state index in [0.717, 1.165) is 69.4 Å². The Balaban J connectivity index is 1.74. The van der Waals surface area contributed by atoms with Gasteiger partial charge in [-0.1, -0.05) is 31.9 Å². The normalized spacial score (nSPS) is 26.6. The number of aliphatic hydroxyl groups is 1. The molecule has 248 valence electrons. The van der Waals surface area contributed by atoms with E-state index in [1.165, 1.54) is 0 Å². The van der Waals surface area contributed by atoms with Crippen LogP contribution < -0.4 is 9.80 Å². The van der Waals surface area contributed by atoms with Crippen LogP contribution in [-0.2, 0) is 14.4 Å². The van der Waals surface area contributed by atoms with Crippen molar-refractivity contribution in [2.24, 2.45) is 11.8 Å². The van der Waals surface area contributed by atoms with Crippen LogP contribution in [0.25, 0.3) is 0 Å². The molecule has 1 spiro atoms. The number of fused-ring (bicyclic) bond motifs is 1. The van der Waals surface area contributed by atoms with Crippen molar-refractivity contribution in [3.63, 3.8) is 0 Å². The summed E-state index contributed by atoms with van der Waals surface area (Å²) in [5, 5.41) is 9.27.